The van der Waals surface area contributed by atoms with Crippen LogP contribution < -0.4 is 0 Å². The van der Waals surface area contributed by atoms with E-state index in [0.717, 1.165) is 6.54 Å². The Morgan fingerprint density at radius 1 is 1.48 bits per heavy atom. The largest absolute Gasteiger partial charge is 0.461 e. The maximum Gasteiger partial charge on any atom is 0.361 e. The van der Waals surface area contributed by atoms with E-state index in [2.05, 4.69) is 15.3 Å². The van der Waals surface area contributed by atoms with Gasteiger partial charge in [-0.1, -0.05) is 11.6 Å². The van der Waals surface area contributed by atoms with E-state index in [4.69, 9.17) is 4.74 Å². The maximum absolute atomic E-state index is 12.1. The Hall–Kier alpha value is -2.18. The third kappa shape index (κ3) is 2.55. The van der Waals surface area contributed by atoms with E-state index in [9.17, 15) is 4.79 Å². The SMILES string of the molecule is CCOC(=O)c1nnn(CC2CCC2)c1-c1nccn1C. The van der Waals surface area contributed by atoms with E-state index in [-0.39, 0.29) is 5.69 Å². The second-order valence-corrected chi connectivity index (χ2v) is 5.35. The number of aromatic nitrogens is 5. The molecule has 1 saturated carbocycles. The van der Waals surface area contributed by atoms with Gasteiger partial charge in [-0.05, 0) is 25.7 Å². The molecule has 0 amide bonds. The summed E-state index contributed by atoms with van der Waals surface area (Å²) in [6, 6.07) is 0. The van der Waals surface area contributed by atoms with Crippen LogP contribution in [-0.4, -0.2) is 37.1 Å². The Morgan fingerprint density at radius 3 is 2.86 bits per heavy atom. The molecule has 0 saturated heterocycles. The Kier molecular flexibility index (Phi) is 3.72. The van der Waals surface area contributed by atoms with Gasteiger partial charge in [-0.15, -0.1) is 5.10 Å². The zero-order valence-electron chi connectivity index (χ0n) is 12.3. The molecule has 0 aliphatic heterocycles. The number of aryl methyl sites for hydroxylation is 1. The lowest BCUT2D eigenvalue weighted by atomic mass is 9.85. The van der Waals surface area contributed by atoms with Crippen LogP contribution in [0, 0.1) is 5.92 Å². The number of carbonyl (C=O) groups is 1. The summed E-state index contributed by atoms with van der Waals surface area (Å²) in [6.07, 6.45) is 7.21. The Balaban J connectivity index is 2.00. The number of rotatable bonds is 5. The molecule has 7 nitrogen and oxygen atoms in total. The van der Waals surface area contributed by atoms with Gasteiger partial charge in [0.15, 0.2) is 5.82 Å². The van der Waals surface area contributed by atoms with Gasteiger partial charge in [0.05, 0.1) is 6.61 Å². The second kappa shape index (κ2) is 5.67. The van der Waals surface area contributed by atoms with E-state index < -0.39 is 5.97 Å². The summed E-state index contributed by atoms with van der Waals surface area (Å²) >= 11 is 0. The molecule has 3 rings (SSSR count). The van der Waals surface area contributed by atoms with Crippen LogP contribution in [0.15, 0.2) is 12.4 Å². The highest BCUT2D eigenvalue weighted by molar-refractivity contribution is 5.93. The van der Waals surface area contributed by atoms with E-state index in [1.54, 1.807) is 17.8 Å². The highest BCUT2D eigenvalue weighted by Gasteiger charge is 2.27. The smallest absolute Gasteiger partial charge is 0.361 e. The van der Waals surface area contributed by atoms with Crippen molar-refractivity contribution in [3.8, 4) is 11.5 Å². The molecule has 0 bridgehead atoms. The first kappa shape index (κ1) is 13.8. The number of hydrogen-bond acceptors (Lipinski definition) is 5. The molecule has 0 atom stereocenters. The number of imidazole rings is 1. The highest BCUT2D eigenvalue weighted by Crippen LogP contribution is 2.30. The molecule has 21 heavy (non-hydrogen) atoms. The number of esters is 1. The van der Waals surface area contributed by atoms with Gasteiger partial charge >= 0.3 is 5.97 Å². The first-order valence-corrected chi connectivity index (χ1v) is 7.29. The summed E-state index contributed by atoms with van der Waals surface area (Å²) in [5.41, 5.74) is 0.887. The summed E-state index contributed by atoms with van der Waals surface area (Å²) < 4.78 is 8.72. The molecule has 2 aromatic rings. The minimum absolute atomic E-state index is 0.241. The van der Waals surface area contributed by atoms with Crippen molar-refractivity contribution in [3.05, 3.63) is 18.1 Å². The third-order valence-corrected chi connectivity index (χ3v) is 3.89. The molecule has 0 N–H and O–H groups in total. The number of nitrogens with zero attached hydrogens (tertiary/aromatic N) is 5. The van der Waals surface area contributed by atoms with Crippen LogP contribution in [0.5, 0.6) is 0 Å². The van der Waals surface area contributed by atoms with Gasteiger partial charge in [-0.25, -0.2) is 14.5 Å². The molecule has 0 aromatic carbocycles. The fourth-order valence-electron chi connectivity index (χ4n) is 2.51. The first-order chi connectivity index (χ1) is 10.2. The van der Waals surface area contributed by atoms with Crippen LogP contribution >= 0.6 is 0 Å². The predicted octanol–water partition coefficient (Wildman–Crippen LogP) is 1.66. The van der Waals surface area contributed by atoms with E-state index in [1.165, 1.54) is 19.3 Å². The van der Waals surface area contributed by atoms with E-state index >= 15 is 0 Å². The number of hydrogen-bond donors (Lipinski definition) is 0. The molecule has 0 unspecified atom stereocenters. The zero-order valence-corrected chi connectivity index (χ0v) is 12.3. The van der Waals surface area contributed by atoms with Gasteiger partial charge in [-0.2, -0.15) is 0 Å². The normalized spacial score (nSPS) is 15.0. The van der Waals surface area contributed by atoms with Gasteiger partial charge in [0.25, 0.3) is 0 Å². The number of carbonyl (C=O) groups excluding carboxylic acids is 1. The van der Waals surface area contributed by atoms with Gasteiger partial charge in [0.2, 0.25) is 5.69 Å². The van der Waals surface area contributed by atoms with Crippen molar-refractivity contribution in [2.24, 2.45) is 13.0 Å². The van der Waals surface area contributed by atoms with Crippen molar-refractivity contribution in [3.63, 3.8) is 0 Å². The summed E-state index contributed by atoms with van der Waals surface area (Å²) in [6.45, 7) is 2.86. The van der Waals surface area contributed by atoms with Crippen molar-refractivity contribution < 1.29 is 9.53 Å². The first-order valence-electron chi connectivity index (χ1n) is 7.29. The Bertz CT molecular complexity index is 642. The summed E-state index contributed by atoms with van der Waals surface area (Å²) in [4.78, 5) is 16.4. The molecule has 1 fully saturated rings. The highest BCUT2D eigenvalue weighted by atomic mass is 16.5. The van der Waals surface area contributed by atoms with Gasteiger partial charge in [-0.3, -0.25) is 0 Å². The van der Waals surface area contributed by atoms with Crippen molar-refractivity contribution >= 4 is 5.97 Å². The summed E-state index contributed by atoms with van der Waals surface area (Å²) in [7, 11) is 1.89. The number of ether oxygens (including phenoxy) is 1. The lowest BCUT2D eigenvalue weighted by Gasteiger charge is -2.25. The fourth-order valence-corrected chi connectivity index (χ4v) is 2.51. The second-order valence-electron chi connectivity index (χ2n) is 5.35. The quantitative estimate of drug-likeness (QED) is 0.782. The summed E-state index contributed by atoms with van der Waals surface area (Å²) in [5.74, 6) is 0.846. The van der Waals surface area contributed by atoms with E-state index in [1.807, 2.05) is 17.8 Å². The molecule has 1 aliphatic carbocycles. The van der Waals surface area contributed by atoms with Crippen LogP contribution in [0.25, 0.3) is 11.5 Å². The molecule has 2 heterocycles. The van der Waals surface area contributed by atoms with Crippen molar-refractivity contribution in [2.45, 2.75) is 32.7 Å². The monoisotopic (exact) mass is 289 g/mol. The molecule has 112 valence electrons. The minimum Gasteiger partial charge on any atom is -0.461 e. The maximum atomic E-state index is 12.1. The minimum atomic E-state index is -0.449. The molecule has 1 aliphatic rings. The Labute approximate surface area is 122 Å². The van der Waals surface area contributed by atoms with Crippen LogP contribution in [0.2, 0.25) is 0 Å². The summed E-state index contributed by atoms with van der Waals surface area (Å²) in [5, 5.41) is 8.18. The standard InChI is InChI=1S/C14H19N5O2/c1-3-21-14(20)11-12(13-15-7-8-18(13)2)19(17-16-11)9-10-5-4-6-10/h7-8,10H,3-6,9H2,1-2H3. The molecule has 0 spiro atoms. The molecule has 2 aromatic heterocycles. The molecule has 0 radical (unpaired) electrons. The lowest BCUT2D eigenvalue weighted by molar-refractivity contribution is 0.0520. The van der Waals surface area contributed by atoms with Gasteiger partial charge in [0, 0.05) is 26.0 Å². The van der Waals surface area contributed by atoms with Gasteiger partial charge in [0.1, 0.15) is 5.69 Å². The molecule has 7 heteroatoms. The van der Waals surface area contributed by atoms with Crippen LogP contribution in [-0.2, 0) is 18.3 Å². The lowest BCUT2D eigenvalue weighted by Crippen LogP contribution is -2.20. The van der Waals surface area contributed by atoms with Crippen molar-refractivity contribution in [1.82, 2.24) is 24.5 Å². The van der Waals surface area contributed by atoms with Crippen molar-refractivity contribution in [2.75, 3.05) is 6.61 Å². The molecular weight excluding hydrogens is 270 g/mol. The van der Waals surface area contributed by atoms with Crippen LogP contribution in [0.1, 0.15) is 36.7 Å². The average molecular weight is 289 g/mol. The van der Waals surface area contributed by atoms with Gasteiger partial charge < -0.3 is 9.30 Å². The third-order valence-electron chi connectivity index (χ3n) is 3.89. The average Bonchev–Trinajstić information content (AvgIpc) is 2.99. The van der Waals surface area contributed by atoms with Crippen LogP contribution in [0.3, 0.4) is 0 Å². The van der Waals surface area contributed by atoms with Crippen molar-refractivity contribution in [1.29, 1.82) is 0 Å². The molecular formula is C14H19N5O2. The topological polar surface area (TPSA) is 74.8 Å². The fraction of sp³-hybridized carbons (Fsp3) is 0.571. The van der Waals surface area contributed by atoms with E-state index in [0.29, 0.717) is 24.0 Å². The predicted molar refractivity (Wildman–Crippen MR) is 75.5 cm³/mol. The zero-order chi connectivity index (χ0) is 14.8. The van der Waals surface area contributed by atoms with Crippen LogP contribution in [0.4, 0.5) is 0 Å². The Morgan fingerprint density at radius 2 is 2.29 bits per heavy atom.